The number of amides is 2. The molecule has 0 unspecified atom stereocenters. The maximum Gasteiger partial charge on any atom is 0.282 e. The smallest absolute Gasteiger partial charge is 0.282 e. The summed E-state index contributed by atoms with van der Waals surface area (Å²) in [7, 11) is 0. The average Bonchev–Trinajstić information content (AvgIpc) is 2.42. The van der Waals surface area contributed by atoms with E-state index in [2.05, 4.69) is 10.7 Å². The number of benzene rings is 1. The van der Waals surface area contributed by atoms with Crippen molar-refractivity contribution in [2.24, 2.45) is 11.6 Å². The number of carbonyl (C=O) groups is 2. The van der Waals surface area contributed by atoms with Crippen molar-refractivity contribution in [1.29, 1.82) is 0 Å². The first-order valence-corrected chi connectivity index (χ1v) is 5.77. The van der Waals surface area contributed by atoms with Gasteiger partial charge in [-0.3, -0.25) is 25.5 Å². The fraction of sp³-hybridized carbons (Fsp3) is 0.273. The first-order chi connectivity index (χ1) is 9.45. The second-order valence-electron chi connectivity index (χ2n) is 3.96. The third kappa shape index (κ3) is 4.21. The van der Waals surface area contributed by atoms with Crippen molar-refractivity contribution in [2.75, 3.05) is 12.0 Å². The van der Waals surface area contributed by atoms with Gasteiger partial charge in [0, 0.05) is 24.7 Å². The summed E-state index contributed by atoms with van der Waals surface area (Å²) < 4.78 is 0. The molecule has 108 valence electrons. The van der Waals surface area contributed by atoms with E-state index in [4.69, 9.17) is 11.6 Å². The maximum atomic E-state index is 11.9. The average molecular weight is 281 g/mol. The molecule has 6 N–H and O–H groups in total. The number of hydrogen-bond donors (Lipinski definition) is 4. The Bertz CT molecular complexity index is 532. The van der Waals surface area contributed by atoms with Crippen LogP contribution in [0.5, 0.6) is 0 Å². The lowest BCUT2D eigenvalue weighted by Gasteiger charge is -2.07. The first kappa shape index (κ1) is 15.4. The van der Waals surface area contributed by atoms with Gasteiger partial charge in [-0.05, 0) is 18.6 Å². The van der Waals surface area contributed by atoms with E-state index in [1.54, 1.807) is 0 Å². The van der Waals surface area contributed by atoms with Gasteiger partial charge in [0.05, 0.1) is 4.92 Å². The summed E-state index contributed by atoms with van der Waals surface area (Å²) in [5.41, 5.74) is 7.21. The molecule has 9 heteroatoms. The topological polar surface area (TPSA) is 153 Å². The van der Waals surface area contributed by atoms with E-state index in [0.717, 1.165) is 0 Å². The number of anilines is 1. The Morgan fingerprint density at radius 3 is 2.60 bits per heavy atom. The number of primary amides is 1. The molecule has 0 radical (unpaired) electrons. The van der Waals surface area contributed by atoms with Crippen molar-refractivity contribution in [3.8, 4) is 0 Å². The Hall–Kier alpha value is -2.68. The van der Waals surface area contributed by atoms with Gasteiger partial charge in [-0.1, -0.05) is 0 Å². The van der Waals surface area contributed by atoms with Gasteiger partial charge < -0.3 is 16.5 Å². The van der Waals surface area contributed by atoms with Crippen LogP contribution in [0.1, 0.15) is 23.2 Å². The number of nitrogen functional groups attached to an aromatic ring is 1. The van der Waals surface area contributed by atoms with Crippen LogP contribution in [-0.2, 0) is 4.79 Å². The van der Waals surface area contributed by atoms with Crippen LogP contribution in [0.2, 0.25) is 0 Å². The molecule has 0 saturated heterocycles. The van der Waals surface area contributed by atoms with E-state index in [-0.39, 0.29) is 24.2 Å². The van der Waals surface area contributed by atoms with E-state index >= 15 is 0 Å². The number of hydrazine groups is 1. The molecule has 9 nitrogen and oxygen atoms in total. The van der Waals surface area contributed by atoms with Gasteiger partial charge in [0.25, 0.3) is 11.6 Å². The van der Waals surface area contributed by atoms with E-state index < -0.39 is 16.7 Å². The van der Waals surface area contributed by atoms with Crippen LogP contribution >= 0.6 is 0 Å². The largest absolute Gasteiger partial charge is 0.370 e. The highest BCUT2D eigenvalue weighted by Crippen LogP contribution is 2.22. The van der Waals surface area contributed by atoms with E-state index in [9.17, 15) is 19.7 Å². The SMILES string of the molecule is NNc1ccc([N+](=O)[O-])c(C(=O)NCCCC(N)=O)c1. The van der Waals surface area contributed by atoms with Crippen molar-refractivity contribution in [3.05, 3.63) is 33.9 Å². The summed E-state index contributed by atoms with van der Waals surface area (Å²) >= 11 is 0. The second-order valence-corrected chi connectivity index (χ2v) is 3.96. The van der Waals surface area contributed by atoms with Crippen molar-refractivity contribution < 1.29 is 14.5 Å². The van der Waals surface area contributed by atoms with Crippen LogP contribution in [0.4, 0.5) is 11.4 Å². The van der Waals surface area contributed by atoms with Crippen LogP contribution < -0.4 is 22.3 Å². The zero-order valence-corrected chi connectivity index (χ0v) is 10.6. The predicted molar refractivity (Wildman–Crippen MR) is 71.7 cm³/mol. The Balaban J connectivity index is 2.79. The molecule has 0 saturated carbocycles. The molecule has 0 spiro atoms. The van der Waals surface area contributed by atoms with Crippen LogP contribution in [0, 0.1) is 10.1 Å². The highest BCUT2D eigenvalue weighted by molar-refractivity contribution is 5.99. The van der Waals surface area contributed by atoms with Gasteiger partial charge >= 0.3 is 0 Å². The minimum absolute atomic E-state index is 0.107. The molecule has 1 rings (SSSR count). The molecule has 0 aliphatic rings. The van der Waals surface area contributed by atoms with Crippen molar-refractivity contribution in [2.45, 2.75) is 12.8 Å². The van der Waals surface area contributed by atoms with Crippen molar-refractivity contribution in [1.82, 2.24) is 5.32 Å². The normalized spacial score (nSPS) is 9.85. The zero-order chi connectivity index (χ0) is 15.1. The molecule has 0 aliphatic heterocycles. The minimum atomic E-state index is -0.654. The Morgan fingerprint density at radius 1 is 1.35 bits per heavy atom. The Labute approximate surface area is 114 Å². The Kier molecular flexibility index (Phi) is 5.42. The van der Waals surface area contributed by atoms with Gasteiger partial charge in [-0.25, -0.2) is 0 Å². The standard InChI is InChI=1S/C11H15N5O4/c12-10(17)2-1-5-14-11(18)8-6-7(15-13)3-4-9(8)16(19)20/h3-4,6,15H,1-2,5,13H2,(H2,12,17)(H,14,18). The number of carbonyl (C=O) groups excluding carboxylic acids is 2. The van der Waals surface area contributed by atoms with E-state index in [1.807, 2.05) is 0 Å². The highest BCUT2D eigenvalue weighted by Gasteiger charge is 2.20. The lowest BCUT2D eigenvalue weighted by Crippen LogP contribution is -2.26. The molecule has 0 heterocycles. The van der Waals surface area contributed by atoms with Gasteiger partial charge in [-0.2, -0.15) is 0 Å². The van der Waals surface area contributed by atoms with Gasteiger partial charge in [-0.15, -0.1) is 0 Å². The maximum absolute atomic E-state index is 11.9. The summed E-state index contributed by atoms with van der Waals surface area (Å²) in [5.74, 6) is 4.11. The summed E-state index contributed by atoms with van der Waals surface area (Å²) in [5, 5.41) is 13.3. The third-order valence-electron chi connectivity index (χ3n) is 2.49. The number of nitrogens with zero attached hydrogens (tertiary/aromatic N) is 1. The van der Waals surface area contributed by atoms with Crippen LogP contribution in [0.15, 0.2) is 18.2 Å². The quantitative estimate of drug-likeness (QED) is 0.236. The number of rotatable bonds is 7. The van der Waals surface area contributed by atoms with E-state index in [1.165, 1.54) is 18.2 Å². The first-order valence-electron chi connectivity index (χ1n) is 5.77. The summed E-state index contributed by atoms with van der Waals surface area (Å²) in [6.07, 6.45) is 0.496. The minimum Gasteiger partial charge on any atom is -0.370 e. The summed E-state index contributed by atoms with van der Waals surface area (Å²) in [6, 6.07) is 3.86. The number of hydrogen-bond acceptors (Lipinski definition) is 6. The van der Waals surface area contributed by atoms with E-state index in [0.29, 0.717) is 12.1 Å². The molecular formula is C11H15N5O4. The fourth-order valence-electron chi connectivity index (χ4n) is 1.53. The molecule has 1 aromatic carbocycles. The lowest BCUT2D eigenvalue weighted by atomic mass is 10.1. The van der Waals surface area contributed by atoms with Crippen LogP contribution in [-0.4, -0.2) is 23.3 Å². The summed E-state index contributed by atoms with van der Waals surface area (Å²) in [6.45, 7) is 0.194. The fourth-order valence-corrected chi connectivity index (χ4v) is 1.53. The molecule has 2 amide bonds. The summed E-state index contributed by atoms with van der Waals surface area (Å²) in [4.78, 5) is 32.6. The monoisotopic (exact) mass is 281 g/mol. The number of nitro groups is 1. The number of nitrogens with two attached hydrogens (primary N) is 2. The molecular weight excluding hydrogens is 266 g/mol. The lowest BCUT2D eigenvalue weighted by molar-refractivity contribution is -0.385. The van der Waals surface area contributed by atoms with Gasteiger partial charge in [0.2, 0.25) is 5.91 Å². The van der Waals surface area contributed by atoms with Gasteiger partial charge in [0.15, 0.2) is 0 Å². The Morgan fingerprint density at radius 2 is 2.05 bits per heavy atom. The highest BCUT2D eigenvalue weighted by atomic mass is 16.6. The molecule has 0 aromatic heterocycles. The molecule has 0 atom stereocenters. The van der Waals surface area contributed by atoms with Crippen LogP contribution in [0.25, 0.3) is 0 Å². The van der Waals surface area contributed by atoms with Crippen LogP contribution in [0.3, 0.4) is 0 Å². The number of nitro benzene ring substituents is 1. The zero-order valence-electron chi connectivity index (χ0n) is 10.6. The molecule has 20 heavy (non-hydrogen) atoms. The van der Waals surface area contributed by atoms with Gasteiger partial charge in [0.1, 0.15) is 5.56 Å². The molecule has 0 bridgehead atoms. The van der Waals surface area contributed by atoms with Crippen molar-refractivity contribution >= 4 is 23.2 Å². The third-order valence-corrected chi connectivity index (χ3v) is 2.49. The number of nitrogens with one attached hydrogen (secondary N) is 2. The molecule has 0 fully saturated rings. The van der Waals surface area contributed by atoms with Crippen molar-refractivity contribution in [3.63, 3.8) is 0 Å². The second kappa shape index (κ2) is 7.04. The molecule has 1 aromatic rings. The molecule has 0 aliphatic carbocycles. The predicted octanol–water partition coefficient (Wildman–Crippen LogP) is -0.124.